The van der Waals surface area contributed by atoms with Crippen molar-refractivity contribution in [2.24, 2.45) is 0 Å². The maximum absolute atomic E-state index is 10.8. The molecule has 2 aromatic heterocycles. The molecular formula is C13H15N3O2. The third kappa shape index (κ3) is 2.56. The van der Waals surface area contributed by atoms with Gasteiger partial charge in [0.1, 0.15) is 5.82 Å². The summed E-state index contributed by atoms with van der Waals surface area (Å²) in [7, 11) is 0. The number of hydrogen-bond acceptors (Lipinski definition) is 3. The molecule has 18 heavy (non-hydrogen) atoms. The highest BCUT2D eigenvalue weighted by atomic mass is 16.4. The van der Waals surface area contributed by atoms with E-state index in [1.165, 1.54) is 0 Å². The van der Waals surface area contributed by atoms with Gasteiger partial charge in [-0.05, 0) is 12.1 Å². The topological polar surface area (TPSA) is 78.9 Å². The molecule has 2 rings (SSSR count). The summed E-state index contributed by atoms with van der Waals surface area (Å²) in [6.07, 6.45) is 5.33. The van der Waals surface area contributed by atoms with Gasteiger partial charge in [-0.2, -0.15) is 0 Å². The van der Waals surface area contributed by atoms with Gasteiger partial charge in [-0.15, -0.1) is 0 Å². The van der Waals surface area contributed by atoms with Crippen molar-refractivity contribution in [2.75, 3.05) is 0 Å². The molecule has 5 heteroatoms. The van der Waals surface area contributed by atoms with Crippen LogP contribution in [0, 0.1) is 0 Å². The fraction of sp³-hybridized carbons (Fsp3) is 0.308. The molecule has 0 fully saturated rings. The highest BCUT2D eigenvalue weighted by Crippen LogP contribution is 2.25. The molecule has 0 aliphatic carbocycles. The van der Waals surface area contributed by atoms with Crippen LogP contribution >= 0.6 is 0 Å². The first-order chi connectivity index (χ1) is 8.49. The van der Waals surface area contributed by atoms with Crippen molar-refractivity contribution >= 4 is 5.97 Å². The number of aliphatic carboxylic acids is 1. The smallest absolute Gasteiger partial charge is 0.304 e. The molecule has 0 atom stereocenters. The Balaban J connectivity index is 2.35. The molecule has 0 bridgehead atoms. The fourth-order valence-corrected chi connectivity index (χ4v) is 1.79. The number of carboxylic acids is 1. The van der Waals surface area contributed by atoms with Gasteiger partial charge in [-0.3, -0.25) is 4.79 Å². The quantitative estimate of drug-likeness (QED) is 0.865. The van der Waals surface area contributed by atoms with Gasteiger partial charge in [-0.1, -0.05) is 13.8 Å². The molecule has 0 saturated heterocycles. The number of rotatable bonds is 4. The Kier molecular flexibility index (Phi) is 3.14. The summed E-state index contributed by atoms with van der Waals surface area (Å²) in [4.78, 5) is 22.4. The van der Waals surface area contributed by atoms with E-state index in [-0.39, 0.29) is 6.42 Å². The van der Waals surface area contributed by atoms with Crippen LogP contribution in [-0.2, 0) is 10.2 Å². The molecule has 2 heterocycles. The van der Waals surface area contributed by atoms with E-state index in [0.29, 0.717) is 5.82 Å². The minimum Gasteiger partial charge on any atom is -0.481 e. The molecule has 0 aromatic carbocycles. The summed E-state index contributed by atoms with van der Waals surface area (Å²) in [5, 5.41) is 8.90. The average Bonchev–Trinajstić information content (AvgIpc) is 2.81. The fourth-order valence-electron chi connectivity index (χ4n) is 1.79. The van der Waals surface area contributed by atoms with Crippen molar-refractivity contribution in [2.45, 2.75) is 25.7 Å². The molecule has 5 nitrogen and oxygen atoms in total. The Morgan fingerprint density at radius 2 is 2.22 bits per heavy atom. The lowest BCUT2D eigenvalue weighted by molar-refractivity contribution is -0.138. The van der Waals surface area contributed by atoms with E-state index in [0.717, 1.165) is 11.3 Å². The van der Waals surface area contributed by atoms with Crippen molar-refractivity contribution in [3.8, 4) is 11.3 Å². The van der Waals surface area contributed by atoms with Gasteiger partial charge in [0, 0.05) is 29.6 Å². The van der Waals surface area contributed by atoms with Crippen LogP contribution in [0.25, 0.3) is 11.3 Å². The lowest BCUT2D eigenvalue weighted by Gasteiger charge is -2.20. The standard InChI is InChI=1S/C13H15N3O2/c1-13(2,7-11(17)18)12-15-6-4-10(16-12)9-3-5-14-8-9/h3-6,8,14H,7H2,1-2H3,(H,17,18). The number of nitrogens with zero attached hydrogens (tertiary/aromatic N) is 2. The van der Waals surface area contributed by atoms with Crippen LogP contribution in [0.4, 0.5) is 0 Å². The highest BCUT2D eigenvalue weighted by Gasteiger charge is 2.27. The lowest BCUT2D eigenvalue weighted by atomic mass is 9.88. The summed E-state index contributed by atoms with van der Waals surface area (Å²) in [6.45, 7) is 3.66. The zero-order chi connectivity index (χ0) is 13.2. The largest absolute Gasteiger partial charge is 0.481 e. The zero-order valence-electron chi connectivity index (χ0n) is 10.3. The molecule has 0 aliphatic rings. The first kappa shape index (κ1) is 12.3. The van der Waals surface area contributed by atoms with E-state index in [1.807, 2.05) is 38.4 Å². The number of aromatic nitrogens is 3. The van der Waals surface area contributed by atoms with E-state index < -0.39 is 11.4 Å². The monoisotopic (exact) mass is 245 g/mol. The number of hydrogen-bond donors (Lipinski definition) is 2. The van der Waals surface area contributed by atoms with Crippen LogP contribution in [0.1, 0.15) is 26.1 Å². The second-order valence-electron chi connectivity index (χ2n) is 4.82. The Labute approximate surface area is 105 Å². The van der Waals surface area contributed by atoms with Gasteiger partial charge in [0.2, 0.25) is 0 Å². The van der Waals surface area contributed by atoms with Gasteiger partial charge < -0.3 is 10.1 Å². The zero-order valence-corrected chi connectivity index (χ0v) is 10.3. The van der Waals surface area contributed by atoms with E-state index in [4.69, 9.17) is 5.11 Å². The second-order valence-corrected chi connectivity index (χ2v) is 4.82. The van der Waals surface area contributed by atoms with Gasteiger partial charge in [0.15, 0.2) is 0 Å². The van der Waals surface area contributed by atoms with E-state index >= 15 is 0 Å². The second kappa shape index (κ2) is 4.60. The Hall–Kier alpha value is -2.17. The molecule has 0 spiro atoms. The van der Waals surface area contributed by atoms with Crippen molar-refractivity contribution in [3.63, 3.8) is 0 Å². The van der Waals surface area contributed by atoms with Gasteiger partial charge in [-0.25, -0.2) is 9.97 Å². The highest BCUT2D eigenvalue weighted by molar-refractivity contribution is 5.68. The van der Waals surface area contributed by atoms with Crippen molar-refractivity contribution in [1.29, 1.82) is 0 Å². The molecule has 2 N–H and O–H groups in total. The minimum absolute atomic E-state index is 0.00356. The van der Waals surface area contributed by atoms with Gasteiger partial charge in [0.25, 0.3) is 0 Å². The van der Waals surface area contributed by atoms with Crippen molar-refractivity contribution < 1.29 is 9.90 Å². The van der Waals surface area contributed by atoms with Crippen LogP contribution in [0.15, 0.2) is 30.7 Å². The number of nitrogens with one attached hydrogen (secondary N) is 1. The third-order valence-corrected chi connectivity index (χ3v) is 2.75. The predicted molar refractivity (Wildman–Crippen MR) is 67.1 cm³/mol. The first-order valence-electron chi connectivity index (χ1n) is 5.67. The van der Waals surface area contributed by atoms with Gasteiger partial charge in [0.05, 0.1) is 12.1 Å². The minimum atomic E-state index is -0.851. The van der Waals surface area contributed by atoms with Crippen molar-refractivity contribution in [3.05, 3.63) is 36.5 Å². The predicted octanol–water partition coefficient (Wildman–Crippen LogP) is 2.22. The Bertz CT molecular complexity index is 547. The molecule has 0 amide bonds. The van der Waals surface area contributed by atoms with E-state index in [1.54, 1.807) is 6.20 Å². The van der Waals surface area contributed by atoms with Crippen LogP contribution in [-0.4, -0.2) is 26.0 Å². The summed E-state index contributed by atoms with van der Waals surface area (Å²) >= 11 is 0. The first-order valence-corrected chi connectivity index (χ1v) is 5.67. The van der Waals surface area contributed by atoms with Crippen LogP contribution in [0.5, 0.6) is 0 Å². The molecule has 0 radical (unpaired) electrons. The van der Waals surface area contributed by atoms with Crippen molar-refractivity contribution in [1.82, 2.24) is 15.0 Å². The maximum Gasteiger partial charge on any atom is 0.304 e. The number of aromatic amines is 1. The molecule has 0 unspecified atom stereocenters. The molecule has 0 saturated carbocycles. The molecule has 94 valence electrons. The van der Waals surface area contributed by atoms with E-state index in [9.17, 15) is 4.79 Å². The lowest BCUT2D eigenvalue weighted by Crippen LogP contribution is -2.24. The molecular weight excluding hydrogens is 230 g/mol. The molecule has 2 aromatic rings. The Morgan fingerprint density at radius 1 is 1.44 bits per heavy atom. The Morgan fingerprint density at radius 3 is 2.83 bits per heavy atom. The van der Waals surface area contributed by atoms with E-state index in [2.05, 4.69) is 15.0 Å². The summed E-state index contributed by atoms with van der Waals surface area (Å²) in [6, 6.07) is 3.72. The normalized spacial score (nSPS) is 11.4. The average molecular weight is 245 g/mol. The SMILES string of the molecule is CC(C)(CC(=O)O)c1nccc(-c2cc[nH]c2)n1. The summed E-state index contributed by atoms with van der Waals surface area (Å²) < 4.78 is 0. The number of carbonyl (C=O) groups is 1. The molecule has 0 aliphatic heterocycles. The van der Waals surface area contributed by atoms with Crippen LogP contribution in [0.2, 0.25) is 0 Å². The van der Waals surface area contributed by atoms with Gasteiger partial charge >= 0.3 is 5.97 Å². The maximum atomic E-state index is 10.8. The van der Waals surface area contributed by atoms with Crippen LogP contribution in [0.3, 0.4) is 0 Å². The number of H-pyrrole nitrogens is 1. The van der Waals surface area contributed by atoms with Crippen LogP contribution < -0.4 is 0 Å². The third-order valence-electron chi connectivity index (χ3n) is 2.75. The summed E-state index contributed by atoms with van der Waals surface area (Å²) in [5.74, 6) is -0.306. The summed E-state index contributed by atoms with van der Waals surface area (Å²) in [5.41, 5.74) is 1.17. The number of carboxylic acid groups (broad SMARTS) is 1.